The van der Waals surface area contributed by atoms with E-state index in [-0.39, 0.29) is 67.6 Å². The lowest BCUT2D eigenvalue weighted by Crippen LogP contribution is -2.46. The maximum absolute atomic E-state index is 14.5. The number of carbonyl (C=O) groups is 2. The molecule has 0 saturated carbocycles. The monoisotopic (exact) mass is 630 g/mol. The van der Waals surface area contributed by atoms with Gasteiger partial charge in [-0.15, -0.1) is 0 Å². The predicted octanol–water partition coefficient (Wildman–Crippen LogP) is 8.04. The zero-order valence-corrected chi connectivity index (χ0v) is 27.5. The lowest BCUT2D eigenvalue weighted by molar-refractivity contribution is -0.138. The summed E-state index contributed by atoms with van der Waals surface area (Å²) in [6.45, 7) is 17.0. The Morgan fingerprint density at radius 2 is 1.82 bits per heavy atom. The van der Waals surface area contributed by atoms with Crippen LogP contribution in [0, 0.1) is 11.7 Å². The molecule has 0 aliphatic carbocycles. The highest BCUT2D eigenvalue weighted by atomic mass is 35.5. The van der Waals surface area contributed by atoms with E-state index in [0.717, 1.165) is 0 Å². The largest absolute Gasteiger partial charge is 0.462 e. The smallest absolute Gasteiger partial charge is 0.343 e. The molecule has 1 atom stereocenters. The third kappa shape index (κ3) is 8.76. The Morgan fingerprint density at radius 3 is 2.40 bits per heavy atom. The molecule has 1 aromatic heterocycles. The number of hydrogen-bond acceptors (Lipinski definition) is 6. The summed E-state index contributed by atoms with van der Waals surface area (Å²) >= 11 is 18.5. The number of ketones is 1. The van der Waals surface area contributed by atoms with Crippen LogP contribution in [0.1, 0.15) is 63.2 Å². The summed E-state index contributed by atoms with van der Waals surface area (Å²) in [6.07, 6.45) is 1.35. The average Bonchev–Trinajstić information content (AvgIpc) is 2.85. The first-order chi connectivity index (χ1) is 18.5. The molecule has 0 aliphatic rings. The molecule has 0 amide bonds. The Morgan fingerprint density at radius 1 is 1.18 bits per heavy atom. The van der Waals surface area contributed by atoms with E-state index < -0.39 is 25.9 Å². The average molecular weight is 632 g/mol. The fourth-order valence-corrected chi connectivity index (χ4v) is 5.01. The van der Waals surface area contributed by atoms with Crippen molar-refractivity contribution in [2.45, 2.75) is 72.1 Å². The highest BCUT2D eigenvalue weighted by Crippen LogP contribution is 2.36. The molecule has 0 radical (unpaired) electrons. The first-order valence-corrected chi connectivity index (χ1v) is 17.1. The van der Waals surface area contributed by atoms with E-state index in [9.17, 15) is 14.0 Å². The number of benzene rings is 1. The van der Waals surface area contributed by atoms with Gasteiger partial charge in [0.1, 0.15) is 16.5 Å². The van der Waals surface area contributed by atoms with Crippen molar-refractivity contribution in [2.75, 3.05) is 13.2 Å². The summed E-state index contributed by atoms with van der Waals surface area (Å²) in [5.41, 5.74) is 0.224. The molecule has 1 heterocycles. The zero-order valence-electron chi connectivity index (χ0n) is 24.3. The molecular formula is C29H38Cl3FN2O4Si. The van der Waals surface area contributed by atoms with Gasteiger partial charge in [0.05, 0.1) is 23.3 Å². The minimum atomic E-state index is -2.03. The number of nitrogens with zero attached hydrogens (tertiary/aromatic N) is 1. The molecule has 1 aromatic carbocycles. The van der Waals surface area contributed by atoms with Crippen LogP contribution in [0.5, 0.6) is 0 Å². The second-order valence-electron chi connectivity index (χ2n) is 11.4. The summed E-state index contributed by atoms with van der Waals surface area (Å²) in [5.74, 6) is -2.00. The third-order valence-corrected chi connectivity index (χ3v) is 12.6. The number of Topliss-reactive ketones (excluding diaryl/α,β-unsaturated/α-hetero) is 1. The molecule has 6 nitrogen and oxygen atoms in total. The first kappa shape index (κ1) is 34.2. The van der Waals surface area contributed by atoms with Crippen LogP contribution < -0.4 is 5.32 Å². The summed E-state index contributed by atoms with van der Waals surface area (Å²) in [5, 5.41) is 2.91. The van der Waals surface area contributed by atoms with Crippen LogP contribution in [0.4, 0.5) is 4.39 Å². The van der Waals surface area contributed by atoms with Crippen LogP contribution in [0.15, 0.2) is 36.0 Å². The van der Waals surface area contributed by atoms with E-state index >= 15 is 0 Å². The van der Waals surface area contributed by atoms with Crippen molar-refractivity contribution in [3.63, 3.8) is 0 Å². The zero-order chi connectivity index (χ0) is 30.4. The molecule has 1 N–H and O–H groups in total. The van der Waals surface area contributed by atoms with E-state index in [1.807, 2.05) is 13.8 Å². The van der Waals surface area contributed by atoms with Gasteiger partial charge in [-0.2, -0.15) is 0 Å². The maximum atomic E-state index is 14.5. The normalized spacial score (nSPS) is 13.4. The lowest BCUT2D eigenvalue weighted by atomic mass is 10.0. The molecule has 0 unspecified atom stereocenters. The van der Waals surface area contributed by atoms with Gasteiger partial charge < -0.3 is 14.5 Å². The first-order valence-electron chi connectivity index (χ1n) is 13.1. The number of nitrogens with one attached hydrogen (secondary N) is 1. The fraction of sp³-hybridized carbons (Fsp3) is 0.483. The Hall–Kier alpha value is -1.97. The van der Waals surface area contributed by atoms with Gasteiger partial charge in [0, 0.05) is 29.9 Å². The van der Waals surface area contributed by atoms with Crippen LogP contribution in [-0.4, -0.2) is 44.3 Å². The number of rotatable bonds is 12. The summed E-state index contributed by atoms with van der Waals surface area (Å²) in [4.78, 5) is 30.8. The number of ether oxygens (including phenoxy) is 1. The second-order valence-corrected chi connectivity index (χ2v) is 17.3. The van der Waals surface area contributed by atoms with Crippen molar-refractivity contribution in [1.82, 2.24) is 10.3 Å². The van der Waals surface area contributed by atoms with Crippen LogP contribution in [-0.2, 0) is 20.4 Å². The minimum Gasteiger partial charge on any atom is -0.462 e. The molecule has 0 fully saturated rings. The van der Waals surface area contributed by atoms with E-state index in [1.54, 1.807) is 19.1 Å². The van der Waals surface area contributed by atoms with Gasteiger partial charge in [-0.1, -0.05) is 81.6 Å². The number of carbonyl (C=O) groups excluding carboxylic acids is 2. The standard InChI is InChI=1S/C29H38Cl3FN2O4Si/c1-9-38-28(37)21(15-34-23(17(2)3)16-39-40(7,8)29(4,5)6)26(36)20-14-19(35-27(32)24(20)31)13-18-11-10-12-22(30)25(18)33/h10-12,14-15,17,23,34H,9,13,16H2,1-8H3/t23-/m1/s1. The van der Waals surface area contributed by atoms with Crippen molar-refractivity contribution in [3.05, 3.63) is 73.9 Å². The lowest BCUT2D eigenvalue weighted by Gasteiger charge is -2.38. The third-order valence-electron chi connectivity index (χ3n) is 7.03. The van der Waals surface area contributed by atoms with Crippen molar-refractivity contribution >= 4 is 54.9 Å². The van der Waals surface area contributed by atoms with E-state index in [4.69, 9.17) is 44.0 Å². The highest BCUT2D eigenvalue weighted by Gasteiger charge is 2.38. The number of halogens is 4. The summed E-state index contributed by atoms with van der Waals surface area (Å²) in [7, 11) is -2.03. The fourth-order valence-electron chi connectivity index (χ4n) is 3.39. The number of esters is 1. The highest BCUT2D eigenvalue weighted by molar-refractivity contribution is 6.74. The maximum Gasteiger partial charge on any atom is 0.343 e. The minimum absolute atomic E-state index is 0.000476. The molecule has 2 rings (SSSR count). The van der Waals surface area contributed by atoms with E-state index in [0.29, 0.717) is 6.61 Å². The van der Waals surface area contributed by atoms with Gasteiger partial charge in [-0.25, -0.2) is 14.2 Å². The molecular weight excluding hydrogens is 594 g/mol. The van der Waals surface area contributed by atoms with E-state index in [1.165, 1.54) is 18.3 Å². The van der Waals surface area contributed by atoms with Crippen LogP contribution >= 0.6 is 34.8 Å². The van der Waals surface area contributed by atoms with Gasteiger partial charge in [0.25, 0.3) is 0 Å². The van der Waals surface area contributed by atoms with Gasteiger partial charge in [-0.05, 0) is 48.7 Å². The van der Waals surface area contributed by atoms with Crippen molar-refractivity contribution in [1.29, 1.82) is 0 Å². The number of pyridine rings is 1. The van der Waals surface area contributed by atoms with Gasteiger partial charge in [0.2, 0.25) is 5.78 Å². The topological polar surface area (TPSA) is 77.5 Å². The van der Waals surface area contributed by atoms with Crippen molar-refractivity contribution in [2.24, 2.45) is 5.92 Å². The van der Waals surface area contributed by atoms with Gasteiger partial charge >= 0.3 is 5.97 Å². The second kappa shape index (κ2) is 14.3. The van der Waals surface area contributed by atoms with Gasteiger partial charge in [-0.3, -0.25) is 4.79 Å². The Kier molecular flexibility index (Phi) is 12.2. The number of hydrogen-bond donors (Lipinski definition) is 1. The van der Waals surface area contributed by atoms with Crippen LogP contribution in [0.2, 0.25) is 33.3 Å². The molecule has 0 saturated heterocycles. The van der Waals surface area contributed by atoms with Crippen molar-refractivity contribution in [3.8, 4) is 0 Å². The molecule has 220 valence electrons. The van der Waals surface area contributed by atoms with Crippen molar-refractivity contribution < 1.29 is 23.1 Å². The SMILES string of the molecule is CCOC(=O)C(=CN[C@H](CO[Si](C)(C)C(C)(C)C)C(C)C)C(=O)c1cc(Cc2cccc(Cl)c2F)nc(Cl)c1Cl. The quantitative estimate of drug-likeness (QED) is 0.0486. The van der Waals surface area contributed by atoms with E-state index in [2.05, 4.69) is 44.2 Å². The molecule has 40 heavy (non-hydrogen) atoms. The molecule has 11 heteroatoms. The molecule has 0 bridgehead atoms. The van der Waals surface area contributed by atoms with Crippen LogP contribution in [0.3, 0.4) is 0 Å². The summed E-state index contributed by atoms with van der Waals surface area (Å²) in [6, 6.07) is 5.80. The Bertz CT molecular complexity index is 1260. The van der Waals surface area contributed by atoms with Gasteiger partial charge in [0.15, 0.2) is 8.32 Å². The molecule has 0 spiro atoms. The Balaban J connectivity index is 2.44. The Labute approximate surface area is 252 Å². The molecule has 0 aliphatic heterocycles. The predicted molar refractivity (Wildman–Crippen MR) is 162 cm³/mol. The molecule has 2 aromatic rings. The summed E-state index contributed by atoms with van der Waals surface area (Å²) < 4.78 is 26.1. The van der Waals surface area contributed by atoms with Crippen LogP contribution in [0.25, 0.3) is 0 Å². The number of aromatic nitrogens is 1.